The number of aryl methyl sites for hydroxylation is 2. The number of piperidine rings is 1. The third kappa shape index (κ3) is 5.23. The van der Waals surface area contributed by atoms with Crippen LogP contribution < -0.4 is 10.5 Å². The second-order valence-corrected chi connectivity index (χ2v) is 14.8. The van der Waals surface area contributed by atoms with Crippen molar-refractivity contribution in [3.63, 3.8) is 0 Å². The molecule has 224 valence electrons. The quantitative estimate of drug-likeness (QED) is 0.238. The molecular formula is C34H43Cl2N5O. The molecule has 2 bridgehead atoms. The van der Waals surface area contributed by atoms with Crippen LogP contribution in [-0.4, -0.2) is 39.5 Å². The summed E-state index contributed by atoms with van der Waals surface area (Å²) in [7, 11) is 0. The minimum Gasteiger partial charge on any atom is -0.342 e. The second kappa shape index (κ2) is 11.2. The van der Waals surface area contributed by atoms with Crippen molar-refractivity contribution in [3.8, 4) is 0 Å². The lowest BCUT2D eigenvalue weighted by Crippen LogP contribution is -2.63. The van der Waals surface area contributed by atoms with E-state index in [1.807, 2.05) is 30.3 Å². The third-order valence-electron chi connectivity index (χ3n) is 10.8. The van der Waals surface area contributed by atoms with Crippen molar-refractivity contribution in [3.05, 3.63) is 68.7 Å². The summed E-state index contributed by atoms with van der Waals surface area (Å²) in [5, 5.41) is 11.4. The van der Waals surface area contributed by atoms with Gasteiger partial charge in [0.05, 0.1) is 17.2 Å². The zero-order chi connectivity index (χ0) is 29.9. The maximum absolute atomic E-state index is 13.5. The number of hydrogen-bond acceptors (Lipinski definition) is 3. The van der Waals surface area contributed by atoms with Gasteiger partial charge in [0.2, 0.25) is 0 Å². The Balaban J connectivity index is 1.32. The Bertz CT molecular complexity index is 1560. The number of halogens is 2. The summed E-state index contributed by atoms with van der Waals surface area (Å²) in [6, 6.07) is 11.7. The van der Waals surface area contributed by atoms with E-state index in [1.165, 1.54) is 12.8 Å². The van der Waals surface area contributed by atoms with Crippen LogP contribution in [0, 0.1) is 40.4 Å². The van der Waals surface area contributed by atoms with Crippen LogP contribution >= 0.6 is 23.2 Å². The molecule has 4 fully saturated rings. The van der Waals surface area contributed by atoms with Gasteiger partial charge in [0.1, 0.15) is 0 Å². The van der Waals surface area contributed by atoms with Crippen LogP contribution in [0.1, 0.15) is 59.4 Å². The summed E-state index contributed by atoms with van der Waals surface area (Å²) in [6.07, 6.45) is 5.84. The highest BCUT2D eigenvalue weighted by atomic mass is 35.5. The van der Waals surface area contributed by atoms with Gasteiger partial charge in [-0.05, 0) is 96.6 Å². The first-order valence-corrected chi connectivity index (χ1v) is 16.3. The van der Waals surface area contributed by atoms with E-state index >= 15 is 0 Å². The molecule has 1 N–H and O–H groups in total. The van der Waals surface area contributed by atoms with Crippen LogP contribution in [0.2, 0.25) is 10.0 Å². The van der Waals surface area contributed by atoms with Crippen molar-refractivity contribution < 1.29 is 0 Å². The first kappa shape index (κ1) is 29.5. The molecule has 0 radical (unpaired) electrons. The van der Waals surface area contributed by atoms with Crippen LogP contribution in [0.4, 0.5) is 5.69 Å². The maximum atomic E-state index is 13.5. The van der Waals surface area contributed by atoms with Gasteiger partial charge in [0.25, 0.3) is 5.56 Å². The SMILES string of the molecule is C[C@@H]1C[C@H](C)CN(C(=N)N(c2ccc3c(=O)n(CCc4ccc(Cl)cc4Cl)cnc3c2)[C@H]2C[C@@H]3C[C@H]([C@@H]2C)C3(C)C)C1. The Morgan fingerprint density at radius 1 is 1.05 bits per heavy atom. The van der Waals surface area contributed by atoms with E-state index in [4.69, 9.17) is 28.2 Å². The van der Waals surface area contributed by atoms with E-state index in [0.717, 1.165) is 30.8 Å². The molecule has 3 saturated carbocycles. The number of nitrogens with zero attached hydrogens (tertiary/aromatic N) is 4. The number of hydrogen-bond donors (Lipinski definition) is 1. The lowest BCUT2D eigenvalue weighted by Gasteiger charge is -2.63. The average Bonchev–Trinajstić information content (AvgIpc) is 2.93. The number of benzene rings is 2. The number of guanidine groups is 1. The first-order chi connectivity index (χ1) is 19.9. The molecule has 8 heteroatoms. The highest BCUT2D eigenvalue weighted by molar-refractivity contribution is 6.35. The second-order valence-electron chi connectivity index (χ2n) is 14.0. The van der Waals surface area contributed by atoms with Crippen molar-refractivity contribution in [2.45, 2.75) is 72.9 Å². The molecule has 6 atom stereocenters. The molecule has 2 aromatic carbocycles. The molecule has 0 spiro atoms. The predicted octanol–water partition coefficient (Wildman–Crippen LogP) is 7.74. The number of aromatic nitrogens is 2. The van der Waals surface area contributed by atoms with Crippen LogP contribution in [0.25, 0.3) is 10.9 Å². The molecule has 0 amide bonds. The van der Waals surface area contributed by atoms with Gasteiger partial charge in [-0.15, -0.1) is 0 Å². The zero-order valence-corrected chi connectivity index (χ0v) is 26.9. The van der Waals surface area contributed by atoms with E-state index in [2.05, 4.69) is 44.4 Å². The third-order valence-corrected chi connectivity index (χ3v) is 11.4. The van der Waals surface area contributed by atoms with Crippen molar-refractivity contribution in [2.24, 2.45) is 35.0 Å². The van der Waals surface area contributed by atoms with Gasteiger partial charge < -0.3 is 9.80 Å². The molecule has 42 heavy (non-hydrogen) atoms. The van der Waals surface area contributed by atoms with Crippen molar-refractivity contribution in [1.82, 2.24) is 14.5 Å². The number of nitrogens with one attached hydrogen (secondary N) is 1. The van der Waals surface area contributed by atoms with Gasteiger partial charge in [-0.3, -0.25) is 14.8 Å². The van der Waals surface area contributed by atoms with Gasteiger partial charge in [-0.1, -0.05) is 63.9 Å². The van der Waals surface area contributed by atoms with E-state index in [9.17, 15) is 10.2 Å². The van der Waals surface area contributed by atoms with Gasteiger partial charge in [-0.2, -0.15) is 0 Å². The fourth-order valence-electron chi connectivity index (χ4n) is 8.34. The molecular weight excluding hydrogens is 565 g/mol. The Kier molecular flexibility index (Phi) is 7.84. The molecule has 6 nitrogen and oxygen atoms in total. The molecule has 0 unspecified atom stereocenters. The molecule has 4 aliphatic rings. The number of rotatable bonds is 5. The minimum absolute atomic E-state index is 0.0639. The predicted molar refractivity (Wildman–Crippen MR) is 174 cm³/mol. The van der Waals surface area contributed by atoms with E-state index < -0.39 is 0 Å². The number of fused-ring (bicyclic) bond motifs is 3. The summed E-state index contributed by atoms with van der Waals surface area (Å²) in [5.41, 5.74) is 2.88. The molecule has 1 aromatic heterocycles. The average molecular weight is 609 g/mol. The minimum atomic E-state index is -0.0639. The van der Waals surface area contributed by atoms with Crippen LogP contribution in [0.5, 0.6) is 0 Å². The summed E-state index contributed by atoms with van der Waals surface area (Å²) < 4.78 is 1.65. The summed E-state index contributed by atoms with van der Waals surface area (Å²) in [5.74, 6) is 3.53. The molecule has 3 aromatic rings. The topological polar surface area (TPSA) is 65.2 Å². The number of anilines is 1. The van der Waals surface area contributed by atoms with Gasteiger partial charge in [0, 0.05) is 41.4 Å². The van der Waals surface area contributed by atoms with Crippen LogP contribution in [0.15, 0.2) is 47.5 Å². The lowest BCUT2D eigenvalue weighted by atomic mass is 9.44. The summed E-state index contributed by atoms with van der Waals surface area (Å²) >= 11 is 12.4. The zero-order valence-electron chi connectivity index (χ0n) is 25.4. The van der Waals surface area contributed by atoms with Crippen molar-refractivity contribution in [2.75, 3.05) is 18.0 Å². The molecule has 7 rings (SSSR count). The lowest BCUT2D eigenvalue weighted by molar-refractivity contribution is -0.108. The van der Waals surface area contributed by atoms with Crippen LogP contribution in [-0.2, 0) is 13.0 Å². The maximum Gasteiger partial charge on any atom is 0.261 e. The monoisotopic (exact) mass is 607 g/mol. The Labute approximate surface area is 259 Å². The van der Waals surface area contributed by atoms with Crippen LogP contribution in [0.3, 0.4) is 0 Å². The smallest absolute Gasteiger partial charge is 0.261 e. The van der Waals surface area contributed by atoms with Gasteiger partial charge >= 0.3 is 0 Å². The Morgan fingerprint density at radius 3 is 2.45 bits per heavy atom. The highest BCUT2D eigenvalue weighted by Gasteiger charge is 2.57. The Hall–Kier alpha value is -2.57. The fraction of sp³-hybridized carbons (Fsp3) is 0.559. The molecule has 1 aliphatic heterocycles. The van der Waals surface area contributed by atoms with E-state index in [1.54, 1.807) is 17.0 Å². The van der Waals surface area contributed by atoms with Gasteiger partial charge in [-0.25, -0.2) is 4.98 Å². The van der Waals surface area contributed by atoms with E-state index in [0.29, 0.717) is 74.9 Å². The normalized spacial score (nSPS) is 28.4. The molecule has 2 heterocycles. The molecule has 3 aliphatic carbocycles. The summed E-state index contributed by atoms with van der Waals surface area (Å²) in [4.78, 5) is 22.8. The standard InChI is InChI=1S/C34H43Cl2N5O/c1-20-12-21(2)18-40(17-20)33(37)41(31-14-24-13-28(22(31)3)34(24,4)5)26-8-9-27-30(16-26)38-19-39(32(27)42)11-10-23-6-7-25(35)15-29(23)36/h6-9,15-16,19-22,24,28,31,37H,10-14,17-18H2,1-5H3/t20-,21+,22-,24-,28+,31-/m0/s1. The fourth-order valence-corrected chi connectivity index (χ4v) is 8.85. The van der Waals surface area contributed by atoms with Crippen molar-refractivity contribution in [1.29, 1.82) is 5.41 Å². The largest absolute Gasteiger partial charge is 0.342 e. The summed E-state index contributed by atoms with van der Waals surface area (Å²) in [6.45, 7) is 14.1. The van der Waals surface area contributed by atoms with Crippen molar-refractivity contribution >= 4 is 45.8 Å². The highest BCUT2D eigenvalue weighted by Crippen LogP contribution is 2.62. The Morgan fingerprint density at radius 2 is 1.79 bits per heavy atom. The molecule has 1 saturated heterocycles. The van der Waals surface area contributed by atoms with Gasteiger partial charge in [0.15, 0.2) is 5.96 Å². The number of likely N-dealkylation sites (tertiary alicyclic amines) is 1. The van der Waals surface area contributed by atoms with E-state index in [-0.39, 0.29) is 11.6 Å². The first-order valence-electron chi connectivity index (χ1n) is 15.5.